The second-order valence-electron chi connectivity index (χ2n) is 4.57. The highest BCUT2D eigenvalue weighted by Crippen LogP contribution is 2.26. The van der Waals surface area contributed by atoms with Gasteiger partial charge in [-0.2, -0.15) is 0 Å². The first kappa shape index (κ1) is 12.5. The minimum atomic E-state index is -0.389. The molecule has 0 radical (unpaired) electrons. The van der Waals surface area contributed by atoms with Crippen LogP contribution in [0.1, 0.15) is 0 Å². The van der Waals surface area contributed by atoms with E-state index in [0.717, 1.165) is 17.2 Å². The summed E-state index contributed by atoms with van der Waals surface area (Å²) in [5, 5.41) is 0. The molecule has 0 unspecified atom stereocenters. The zero-order valence-electron chi connectivity index (χ0n) is 11.2. The molecule has 1 heterocycles. The first-order chi connectivity index (χ1) is 9.78. The lowest BCUT2D eigenvalue weighted by Crippen LogP contribution is -2.59. The summed E-state index contributed by atoms with van der Waals surface area (Å²) in [5.74, 6) is 1.48. The molecule has 1 aliphatic heterocycles. The zero-order chi connectivity index (χ0) is 13.9. The number of para-hydroxylation sites is 1. The fraction of sp³-hybridized carbons (Fsp3) is 0.188. The Morgan fingerprint density at radius 3 is 2.30 bits per heavy atom. The van der Waals surface area contributed by atoms with E-state index in [9.17, 15) is 4.79 Å². The molecule has 102 valence electrons. The van der Waals surface area contributed by atoms with Crippen LogP contribution in [0.2, 0.25) is 0 Å². The third kappa shape index (κ3) is 2.32. The van der Waals surface area contributed by atoms with Crippen molar-refractivity contribution in [1.29, 1.82) is 0 Å². The molecule has 2 aromatic rings. The number of anilines is 1. The summed E-state index contributed by atoms with van der Waals surface area (Å²) in [5.41, 5.74) is 0.865. The van der Waals surface area contributed by atoms with Crippen molar-refractivity contribution in [3.05, 3.63) is 54.6 Å². The highest BCUT2D eigenvalue weighted by atomic mass is 16.5. The van der Waals surface area contributed by atoms with Gasteiger partial charge in [0.2, 0.25) is 0 Å². The maximum absolute atomic E-state index is 12.1. The molecule has 1 amide bonds. The van der Waals surface area contributed by atoms with Gasteiger partial charge in [0.1, 0.15) is 11.5 Å². The van der Waals surface area contributed by atoms with Gasteiger partial charge in [-0.05, 0) is 36.4 Å². The van der Waals surface area contributed by atoms with Gasteiger partial charge in [-0.15, -0.1) is 0 Å². The first-order valence-electron chi connectivity index (χ1n) is 6.45. The van der Waals surface area contributed by atoms with Crippen LogP contribution in [0.15, 0.2) is 54.6 Å². The molecule has 0 spiro atoms. The third-order valence-electron chi connectivity index (χ3n) is 3.30. The molecule has 1 atom stereocenters. The van der Waals surface area contributed by atoms with Crippen LogP contribution in [0, 0.1) is 0 Å². The Morgan fingerprint density at radius 1 is 1.00 bits per heavy atom. The highest BCUT2D eigenvalue weighted by molar-refractivity contribution is 6.03. The van der Waals surface area contributed by atoms with E-state index in [1.54, 1.807) is 12.0 Å². The second-order valence-corrected chi connectivity index (χ2v) is 4.57. The number of carbonyl (C=O) groups excluding carboxylic acids is 1. The van der Waals surface area contributed by atoms with Crippen molar-refractivity contribution in [2.75, 3.05) is 18.6 Å². The predicted molar refractivity (Wildman–Crippen MR) is 76.2 cm³/mol. The Bertz CT molecular complexity index is 595. The summed E-state index contributed by atoms with van der Waals surface area (Å²) in [6, 6.07) is 16.8. The number of hydrogen-bond acceptors (Lipinski definition) is 3. The van der Waals surface area contributed by atoms with Crippen molar-refractivity contribution in [1.82, 2.24) is 0 Å². The zero-order valence-corrected chi connectivity index (χ0v) is 11.2. The van der Waals surface area contributed by atoms with E-state index >= 15 is 0 Å². The molecule has 0 saturated carbocycles. The lowest BCUT2D eigenvalue weighted by molar-refractivity contribution is -0.130. The first-order valence-corrected chi connectivity index (χ1v) is 6.45. The average Bonchev–Trinajstić information content (AvgIpc) is 2.52. The van der Waals surface area contributed by atoms with Crippen LogP contribution < -0.4 is 14.4 Å². The second kappa shape index (κ2) is 5.25. The van der Waals surface area contributed by atoms with Crippen molar-refractivity contribution in [2.45, 2.75) is 6.10 Å². The van der Waals surface area contributed by atoms with Gasteiger partial charge in [-0.1, -0.05) is 18.2 Å². The lowest BCUT2D eigenvalue weighted by atomic mass is 10.1. The van der Waals surface area contributed by atoms with E-state index in [1.807, 2.05) is 54.6 Å². The van der Waals surface area contributed by atoms with E-state index in [0.29, 0.717) is 6.54 Å². The van der Waals surface area contributed by atoms with Crippen molar-refractivity contribution in [3.63, 3.8) is 0 Å². The molecular weight excluding hydrogens is 254 g/mol. The van der Waals surface area contributed by atoms with Crippen molar-refractivity contribution in [2.24, 2.45) is 0 Å². The van der Waals surface area contributed by atoms with Gasteiger partial charge in [0.25, 0.3) is 5.91 Å². The van der Waals surface area contributed by atoms with Gasteiger partial charge in [0.05, 0.1) is 13.7 Å². The Kier molecular flexibility index (Phi) is 3.29. The summed E-state index contributed by atoms with van der Waals surface area (Å²) >= 11 is 0. The van der Waals surface area contributed by atoms with Gasteiger partial charge in [0.15, 0.2) is 6.10 Å². The molecule has 1 fully saturated rings. The normalized spacial score (nSPS) is 17.6. The van der Waals surface area contributed by atoms with Crippen molar-refractivity contribution in [3.8, 4) is 11.5 Å². The predicted octanol–water partition coefficient (Wildman–Crippen LogP) is 2.49. The third-order valence-corrected chi connectivity index (χ3v) is 3.30. The molecule has 3 rings (SSSR count). The largest absolute Gasteiger partial charge is 0.497 e. The van der Waals surface area contributed by atoms with Crippen molar-refractivity contribution >= 4 is 11.6 Å². The molecule has 4 nitrogen and oxygen atoms in total. The SMILES string of the molecule is COc1ccc(N2C[C@H](Oc3ccccc3)C2=O)cc1. The Labute approximate surface area is 117 Å². The molecule has 0 aromatic heterocycles. The standard InChI is InChI=1S/C16H15NO3/c1-19-13-9-7-12(8-10-13)17-11-15(16(17)18)20-14-5-3-2-4-6-14/h2-10,15H,11H2,1H3/t15-/m0/s1. The summed E-state index contributed by atoms with van der Waals surface area (Å²) < 4.78 is 10.7. The molecule has 0 aliphatic carbocycles. The highest BCUT2D eigenvalue weighted by Gasteiger charge is 2.39. The molecule has 0 bridgehead atoms. The van der Waals surface area contributed by atoms with Crippen LogP contribution in [0.25, 0.3) is 0 Å². The summed E-state index contributed by atoms with van der Waals surface area (Å²) in [4.78, 5) is 13.8. The minimum absolute atomic E-state index is 0.0148. The summed E-state index contributed by atoms with van der Waals surface area (Å²) in [6.07, 6.45) is -0.389. The van der Waals surface area contributed by atoms with Crippen LogP contribution in [-0.4, -0.2) is 25.7 Å². The van der Waals surface area contributed by atoms with Gasteiger partial charge in [-0.25, -0.2) is 0 Å². The van der Waals surface area contributed by atoms with E-state index in [2.05, 4.69) is 0 Å². The number of ether oxygens (including phenoxy) is 2. The van der Waals surface area contributed by atoms with Crippen LogP contribution in [0.4, 0.5) is 5.69 Å². The molecule has 20 heavy (non-hydrogen) atoms. The van der Waals surface area contributed by atoms with Crippen LogP contribution in [0.3, 0.4) is 0 Å². The molecular formula is C16H15NO3. The van der Waals surface area contributed by atoms with Gasteiger partial charge in [-0.3, -0.25) is 4.79 Å². The Morgan fingerprint density at radius 2 is 1.70 bits per heavy atom. The Hall–Kier alpha value is -2.49. The smallest absolute Gasteiger partial charge is 0.270 e. The maximum atomic E-state index is 12.1. The summed E-state index contributed by atoms with van der Waals surface area (Å²) in [6.45, 7) is 0.570. The quantitative estimate of drug-likeness (QED) is 0.800. The average molecular weight is 269 g/mol. The summed E-state index contributed by atoms with van der Waals surface area (Å²) in [7, 11) is 1.62. The van der Waals surface area contributed by atoms with E-state index < -0.39 is 0 Å². The molecule has 0 N–H and O–H groups in total. The van der Waals surface area contributed by atoms with Crippen LogP contribution in [0.5, 0.6) is 11.5 Å². The number of β-lactam (4-membered cyclic amide) rings is 1. The molecule has 1 saturated heterocycles. The monoisotopic (exact) mass is 269 g/mol. The van der Waals surface area contributed by atoms with Crippen molar-refractivity contribution < 1.29 is 14.3 Å². The number of hydrogen-bond donors (Lipinski definition) is 0. The molecule has 1 aliphatic rings. The number of carbonyl (C=O) groups is 1. The van der Waals surface area contributed by atoms with E-state index in [-0.39, 0.29) is 12.0 Å². The fourth-order valence-corrected chi connectivity index (χ4v) is 2.14. The number of rotatable bonds is 4. The topological polar surface area (TPSA) is 38.8 Å². The van der Waals surface area contributed by atoms with E-state index in [1.165, 1.54) is 0 Å². The lowest BCUT2D eigenvalue weighted by Gasteiger charge is -2.38. The number of nitrogens with zero attached hydrogens (tertiary/aromatic N) is 1. The fourth-order valence-electron chi connectivity index (χ4n) is 2.14. The number of methoxy groups -OCH3 is 1. The van der Waals surface area contributed by atoms with Crippen LogP contribution in [-0.2, 0) is 4.79 Å². The molecule has 2 aromatic carbocycles. The number of amides is 1. The van der Waals surface area contributed by atoms with Gasteiger partial charge in [0, 0.05) is 5.69 Å². The Balaban J connectivity index is 1.64. The molecule has 4 heteroatoms. The maximum Gasteiger partial charge on any atom is 0.270 e. The van der Waals surface area contributed by atoms with Gasteiger partial charge < -0.3 is 14.4 Å². The minimum Gasteiger partial charge on any atom is -0.497 e. The number of benzene rings is 2. The van der Waals surface area contributed by atoms with Crippen LogP contribution >= 0.6 is 0 Å². The van der Waals surface area contributed by atoms with E-state index in [4.69, 9.17) is 9.47 Å². The van der Waals surface area contributed by atoms with Gasteiger partial charge >= 0.3 is 0 Å².